The van der Waals surface area contributed by atoms with Gasteiger partial charge in [-0.25, -0.2) is 18.3 Å². The molecule has 37 heavy (non-hydrogen) atoms. The first kappa shape index (κ1) is 24.5. The number of thiazole rings is 1. The Morgan fingerprint density at radius 3 is 2.19 bits per heavy atom. The van der Waals surface area contributed by atoms with Crippen molar-refractivity contribution in [2.24, 2.45) is 0 Å². The zero-order valence-electron chi connectivity index (χ0n) is 18.8. The summed E-state index contributed by atoms with van der Waals surface area (Å²) in [7, 11) is -3.83. The van der Waals surface area contributed by atoms with Gasteiger partial charge in [0.25, 0.3) is 21.8 Å². The second-order valence-corrected chi connectivity index (χ2v) is 10.6. The van der Waals surface area contributed by atoms with Crippen LogP contribution in [-0.4, -0.2) is 25.2 Å². The fraction of sp³-hybridized carbons (Fsp3) is 0. The van der Waals surface area contributed by atoms with Crippen molar-refractivity contribution in [3.05, 3.63) is 101 Å². The zero-order valence-corrected chi connectivity index (χ0v) is 21.2. The number of benzene rings is 3. The normalized spacial score (nSPS) is 13.7. The van der Waals surface area contributed by atoms with Crippen molar-refractivity contribution in [1.82, 2.24) is 4.98 Å². The first-order valence-electron chi connectivity index (χ1n) is 10.7. The number of carbonyl (C=O) groups is 2. The maximum atomic E-state index is 13.1. The number of rotatable bonds is 8. The molecule has 5 rings (SSSR count). The molecule has 1 aliphatic heterocycles. The van der Waals surface area contributed by atoms with Gasteiger partial charge in [-0.3, -0.25) is 14.3 Å². The Morgan fingerprint density at radius 1 is 0.865 bits per heavy atom. The van der Waals surface area contributed by atoms with Gasteiger partial charge in [0.2, 0.25) is 0 Å². The summed E-state index contributed by atoms with van der Waals surface area (Å²) < 4.78 is 33.2. The molecule has 3 aromatic carbocycles. The van der Waals surface area contributed by atoms with Gasteiger partial charge in [0.15, 0.2) is 5.13 Å². The molecule has 0 fully saturated rings. The number of aromatic nitrogens is 1. The van der Waals surface area contributed by atoms with Crippen molar-refractivity contribution in [2.45, 2.75) is 4.90 Å². The summed E-state index contributed by atoms with van der Waals surface area (Å²) in [6, 6.07) is 21.3. The summed E-state index contributed by atoms with van der Waals surface area (Å²) in [5, 5.41) is 4.44. The molecule has 1 aliphatic rings. The largest absolute Gasteiger partial charge is 0.457 e. The third-order valence-corrected chi connectivity index (χ3v) is 7.71. The van der Waals surface area contributed by atoms with E-state index in [1.807, 2.05) is 30.3 Å². The number of sulfonamides is 1. The minimum Gasteiger partial charge on any atom is -0.457 e. The van der Waals surface area contributed by atoms with Crippen LogP contribution in [0.4, 0.5) is 16.5 Å². The minimum atomic E-state index is -3.83. The summed E-state index contributed by atoms with van der Waals surface area (Å²) in [4.78, 5) is 30.7. The molecule has 0 unspecified atom stereocenters. The van der Waals surface area contributed by atoms with Crippen molar-refractivity contribution < 1.29 is 22.7 Å². The number of halogens is 1. The third-order valence-electron chi connectivity index (χ3n) is 5.19. The molecule has 2 heterocycles. The number of anilines is 3. The molecule has 0 spiro atoms. The lowest BCUT2D eigenvalue weighted by Crippen LogP contribution is -2.32. The minimum absolute atomic E-state index is 0.00147. The van der Waals surface area contributed by atoms with Crippen LogP contribution in [0.1, 0.15) is 0 Å². The molecule has 1 aromatic heterocycles. The van der Waals surface area contributed by atoms with Crippen LogP contribution >= 0.6 is 22.9 Å². The van der Waals surface area contributed by atoms with E-state index >= 15 is 0 Å². The van der Waals surface area contributed by atoms with Gasteiger partial charge in [-0.1, -0.05) is 29.8 Å². The lowest BCUT2D eigenvalue weighted by atomic mass is 10.2. The van der Waals surface area contributed by atoms with Crippen LogP contribution in [0.25, 0.3) is 0 Å². The fourth-order valence-electron chi connectivity index (χ4n) is 3.44. The predicted octanol–water partition coefficient (Wildman–Crippen LogP) is 5.17. The van der Waals surface area contributed by atoms with Crippen LogP contribution < -0.4 is 19.7 Å². The van der Waals surface area contributed by atoms with Crippen LogP contribution in [-0.2, 0) is 19.6 Å². The number of ether oxygens (including phenoxy) is 1. The molecular formula is C25H17ClN4O5S2. The van der Waals surface area contributed by atoms with Gasteiger partial charge in [0, 0.05) is 17.3 Å². The van der Waals surface area contributed by atoms with E-state index in [0.717, 1.165) is 16.2 Å². The maximum absolute atomic E-state index is 13.1. The molecule has 0 radical (unpaired) electrons. The average Bonchev–Trinajstić information content (AvgIpc) is 3.47. The second-order valence-electron chi connectivity index (χ2n) is 7.64. The Bertz CT molecular complexity index is 1590. The molecular weight excluding hydrogens is 536 g/mol. The van der Waals surface area contributed by atoms with E-state index < -0.39 is 21.8 Å². The van der Waals surface area contributed by atoms with Gasteiger partial charge >= 0.3 is 0 Å². The Balaban J connectivity index is 1.29. The molecule has 0 saturated carbocycles. The number of imide groups is 1. The van der Waals surface area contributed by atoms with Crippen molar-refractivity contribution >= 4 is 61.3 Å². The highest BCUT2D eigenvalue weighted by Crippen LogP contribution is 2.32. The van der Waals surface area contributed by atoms with Crippen LogP contribution in [0.15, 0.2) is 106 Å². The fourth-order valence-corrected chi connectivity index (χ4v) is 5.44. The van der Waals surface area contributed by atoms with Gasteiger partial charge in [0.05, 0.1) is 10.6 Å². The highest BCUT2D eigenvalue weighted by atomic mass is 35.5. The van der Waals surface area contributed by atoms with Gasteiger partial charge in [-0.05, 0) is 60.7 Å². The molecule has 0 atom stereocenters. The van der Waals surface area contributed by atoms with Crippen LogP contribution in [0.3, 0.4) is 0 Å². The summed E-state index contributed by atoms with van der Waals surface area (Å²) in [5.74, 6) is -0.144. The first-order valence-corrected chi connectivity index (χ1v) is 13.5. The Kier molecular flexibility index (Phi) is 6.66. The van der Waals surface area contributed by atoms with Gasteiger partial charge in [-0.2, -0.15) is 0 Å². The Labute approximate surface area is 221 Å². The quantitative estimate of drug-likeness (QED) is 0.289. The summed E-state index contributed by atoms with van der Waals surface area (Å²) in [5.41, 5.74) is 0.573. The number of nitrogens with zero attached hydrogens (tertiary/aromatic N) is 2. The van der Waals surface area contributed by atoms with Crippen LogP contribution in [0.2, 0.25) is 0 Å². The van der Waals surface area contributed by atoms with E-state index in [9.17, 15) is 18.0 Å². The van der Waals surface area contributed by atoms with Gasteiger partial charge < -0.3 is 10.1 Å². The van der Waals surface area contributed by atoms with E-state index in [2.05, 4.69) is 15.0 Å². The van der Waals surface area contributed by atoms with E-state index in [1.165, 1.54) is 30.5 Å². The summed E-state index contributed by atoms with van der Waals surface area (Å²) in [6.07, 6.45) is 1.49. The van der Waals surface area contributed by atoms with Crippen molar-refractivity contribution in [1.29, 1.82) is 0 Å². The highest BCUT2D eigenvalue weighted by Gasteiger charge is 2.39. The Hall–Kier alpha value is -4.19. The maximum Gasteiger partial charge on any atom is 0.283 e. The Morgan fingerprint density at radius 2 is 1.54 bits per heavy atom. The van der Waals surface area contributed by atoms with Crippen molar-refractivity contribution in [3.8, 4) is 11.5 Å². The average molecular weight is 553 g/mol. The number of nitrogens with one attached hydrogen (secondary N) is 2. The van der Waals surface area contributed by atoms with E-state index in [-0.39, 0.29) is 20.8 Å². The van der Waals surface area contributed by atoms with Crippen LogP contribution in [0, 0.1) is 0 Å². The SMILES string of the molecule is O=C1C(Cl)=C(Nc2ccc(S(=O)(=O)Nc3nccs3)cc2)C(=O)N1c1ccc(Oc2ccccc2)cc1. The van der Waals surface area contributed by atoms with Crippen LogP contribution in [0.5, 0.6) is 11.5 Å². The molecule has 2 N–H and O–H groups in total. The standard InChI is InChI=1S/C25H17ClN4O5S2/c26-21-22(28-16-6-12-20(13-7-16)37(33,34)29-25-27-14-15-36-25)24(32)30(23(21)31)17-8-10-19(11-9-17)35-18-4-2-1-3-5-18/h1-15,28H,(H,27,29). The highest BCUT2D eigenvalue weighted by molar-refractivity contribution is 7.93. The van der Waals surface area contributed by atoms with E-state index in [0.29, 0.717) is 22.9 Å². The molecule has 12 heteroatoms. The molecule has 0 aliphatic carbocycles. The van der Waals surface area contributed by atoms with Gasteiger partial charge in [-0.15, -0.1) is 11.3 Å². The van der Waals surface area contributed by atoms with E-state index in [4.69, 9.17) is 16.3 Å². The topological polar surface area (TPSA) is 118 Å². The zero-order chi connectivity index (χ0) is 26.0. The van der Waals surface area contributed by atoms with Gasteiger partial charge in [0.1, 0.15) is 22.2 Å². The molecule has 0 saturated heterocycles. The predicted molar refractivity (Wildman–Crippen MR) is 141 cm³/mol. The molecule has 4 aromatic rings. The third kappa shape index (κ3) is 5.19. The monoisotopic (exact) mass is 552 g/mol. The van der Waals surface area contributed by atoms with E-state index in [1.54, 1.807) is 29.6 Å². The number of para-hydroxylation sites is 1. The molecule has 9 nitrogen and oxygen atoms in total. The number of hydrogen-bond acceptors (Lipinski definition) is 8. The van der Waals surface area contributed by atoms with Crippen molar-refractivity contribution in [3.63, 3.8) is 0 Å². The summed E-state index contributed by atoms with van der Waals surface area (Å²) >= 11 is 7.36. The first-order chi connectivity index (χ1) is 17.8. The lowest BCUT2D eigenvalue weighted by Gasteiger charge is -2.16. The smallest absolute Gasteiger partial charge is 0.283 e. The summed E-state index contributed by atoms with van der Waals surface area (Å²) in [6.45, 7) is 0. The number of carbonyl (C=O) groups excluding carboxylic acids is 2. The lowest BCUT2D eigenvalue weighted by molar-refractivity contribution is -0.120. The second kappa shape index (κ2) is 10.1. The molecule has 0 bridgehead atoms. The number of amides is 2. The molecule has 186 valence electrons. The van der Waals surface area contributed by atoms with Crippen molar-refractivity contribution in [2.75, 3.05) is 14.9 Å². The molecule has 2 amide bonds. The number of hydrogen-bond donors (Lipinski definition) is 2.